The van der Waals surface area contributed by atoms with Crippen LogP contribution in [0.25, 0.3) is 11.4 Å². The van der Waals surface area contributed by atoms with E-state index in [9.17, 15) is 0 Å². The van der Waals surface area contributed by atoms with Crippen LogP contribution in [0.2, 0.25) is 0 Å². The lowest BCUT2D eigenvalue weighted by molar-refractivity contribution is 0.246. The summed E-state index contributed by atoms with van der Waals surface area (Å²) in [6.45, 7) is 4.40. The second-order valence-corrected chi connectivity index (χ2v) is 9.32. The molecule has 0 bridgehead atoms. The van der Waals surface area contributed by atoms with Crippen molar-refractivity contribution in [2.45, 2.75) is 32.7 Å². The van der Waals surface area contributed by atoms with Crippen molar-refractivity contribution in [1.29, 1.82) is 0 Å². The van der Waals surface area contributed by atoms with E-state index in [1.54, 1.807) is 13.4 Å². The second kappa shape index (κ2) is 8.03. The van der Waals surface area contributed by atoms with E-state index in [4.69, 9.17) is 4.74 Å². The van der Waals surface area contributed by atoms with Gasteiger partial charge in [-0.25, -0.2) is 9.67 Å². The number of nitrogens with zero attached hydrogens (tertiary/aromatic N) is 6. The molecule has 4 aromatic rings. The highest BCUT2D eigenvalue weighted by Crippen LogP contribution is 2.47. The van der Waals surface area contributed by atoms with Crippen LogP contribution < -0.4 is 9.64 Å². The van der Waals surface area contributed by atoms with E-state index >= 15 is 0 Å². The highest BCUT2D eigenvalue weighted by molar-refractivity contribution is 7.17. The zero-order valence-corrected chi connectivity index (χ0v) is 18.8. The minimum absolute atomic E-state index is 0.714. The van der Waals surface area contributed by atoms with Gasteiger partial charge in [0.1, 0.15) is 23.7 Å². The minimum atomic E-state index is 0.714. The Morgan fingerprint density at radius 3 is 2.78 bits per heavy atom. The van der Waals surface area contributed by atoms with E-state index in [2.05, 4.69) is 49.1 Å². The highest BCUT2D eigenvalue weighted by Gasteiger charge is 2.33. The van der Waals surface area contributed by atoms with Crippen molar-refractivity contribution in [2.75, 3.05) is 18.6 Å². The quantitative estimate of drug-likeness (QED) is 0.465. The van der Waals surface area contributed by atoms with Crippen LogP contribution in [0, 0.1) is 0 Å². The maximum atomic E-state index is 5.32. The number of methoxy groups -OCH3 is 1. The van der Waals surface area contributed by atoms with Crippen LogP contribution in [-0.2, 0) is 32.7 Å². The smallest absolute Gasteiger partial charge is 0.163 e. The molecule has 2 aliphatic heterocycles. The summed E-state index contributed by atoms with van der Waals surface area (Å²) in [5, 5.41) is 5.82. The molecule has 0 amide bonds. The van der Waals surface area contributed by atoms with Gasteiger partial charge in [-0.05, 0) is 41.8 Å². The number of thiophene rings is 1. The van der Waals surface area contributed by atoms with Gasteiger partial charge in [-0.3, -0.25) is 9.88 Å². The van der Waals surface area contributed by atoms with Gasteiger partial charge in [0.25, 0.3) is 0 Å². The Morgan fingerprint density at radius 1 is 1.06 bits per heavy atom. The van der Waals surface area contributed by atoms with E-state index < -0.39 is 0 Å². The third-order valence-electron chi connectivity index (χ3n) is 6.19. The number of anilines is 1. The van der Waals surface area contributed by atoms with E-state index in [1.807, 2.05) is 40.4 Å². The van der Waals surface area contributed by atoms with Gasteiger partial charge >= 0.3 is 0 Å². The van der Waals surface area contributed by atoms with Crippen LogP contribution in [0.5, 0.6) is 5.75 Å². The number of benzene rings is 1. The maximum Gasteiger partial charge on any atom is 0.163 e. The zero-order valence-electron chi connectivity index (χ0n) is 17.9. The Morgan fingerprint density at radius 2 is 1.97 bits per heavy atom. The number of rotatable bonds is 5. The monoisotopic (exact) mass is 444 g/mol. The van der Waals surface area contributed by atoms with Crippen molar-refractivity contribution >= 4 is 16.3 Å². The van der Waals surface area contributed by atoms with Crippen molar-refractivity contribution in [3.63, 3.8) is 0 Å². The largest absolute Gasteiger partial charge is 0.497 e. The van der Waals surface area contributed by atoms with Gasteiger partial charge in [-0.15, -0.1) is 11.3 Å². The van der Waals surface area contributed by atoms with Gasteiger partial charge < -0.3 is 9.64 Å². The molecule has 0 radical (unpaired) electrons. The molecule has 0 N–H and O–H groups in total. The summed E-state index contributed by atoms with van der Waals surface area (Å²) in [5.41, 5.74) is 5.09. The van der Waals surface area contributed by atoms with Crippen molar-refractivity contribution in [3.05, 3.63) is 76.7 Å². The molecule has 0 unspecified atom stereocenters. The molecule has 3 aromatic heterocycles. The number of hydrogen-bond acceptors (Lipinski definition) is 7. The molecule has 6 rings (SSSR count). The van der Waals surface area contributed by atoms with E-state index in [1.165, 1.54) is 26.6 Å². The molecule has 1 aromatic carbocycles. The third kappa shape index (κ3) is 3.45. The van der Waals surface area contributed by atoms with Crippen molar-refractivity contribution in [2.24, 2.45) is 0 Å². The summed E-state index contributed by atoms with van der Waals surface area (Å²) < 4.78 is 7.34. The van der Waals surface area contributed by atoms with Crippen LogP contribution in [-0.4, -0.2) is 38.3 Å². The fourth-order valence-corrected chi connectivity index (χ4v) is 5.99. The second-order valence-electron chi connectivity index (χ2n) is 8.24. The molecule has 8 heteroatoms. The Balaban J connectivity index is 1.31. The zero-order chi connectivity index (χ0) is 21.5. The van der Waals surface area contributed by atoms with E-state index in [0.29, 0.717) is 6.67 Å². The van der Waals surface area contributed by atoms with Crippen molar-refractivity contribution in [1.82, 2.24) is 24.6 Å². The predicted molar refractivity (Wildman–Crippen MR) is 125 cm³/mol. The Bertz CT molecular complexity index is 1230. The molecule has 0 saturated heterocycles. The lowest BCUT2D eigenvalue weighted by Gasteiger charge is -2.30. The molecule has 5 heterocycles. The summed E-state index contributed by atoms with van der Waals surface area (Å²) in [5.74, 6) is 1.88. The molecule has 0 atom stereocenters. The summed E-state index contributed by atoms with van der Waals surface area (Å²) in [6, 6.07) is 14.5. The highest BCUT2D eigenvalue weighted by atomic mass is 32.1. The first-order valence-electron chi connectivity index (χ1n) is 10.8. The summed E-state index contributed by atoms with van der Waals surface area (Å²) >= 11 is 1.91. The van der Waals surface area contributed by atoms with Crippen molar-refractivity contribution in [3.8, 4) is 17.1 Å². The lowest BCUT2D eigenvalue weighted by atomic mass is 10.0. The maximum absolute atomic E-state index is 5.32. The number of pyridine rings is 1. The number of fused-ring (bicyclic) bond motifs is 5. The van der Waals surface area contributed by atoms with Gasteiger partial charge in [0.2, 0.25) is 0 Å². The van der Waals surface area contributed by atoms with Crippen LogP contribution in [0.1, 0.15) is 21.7 Å². The fourth-order valence-electron chi connectivity index (χ4n) is 4.61. The average Bonchev–Trinajstić information content (AvgIpc) is 3.44. The van der Waals surface area contributed by atoms with Crippen LogP contribution in [0.4, 0.5) is 5.00 Å². The molecular weight excluding hydrogens is 420 g/mol. The Hall–Kier alpha value is -3.23. The SMILES string of the molecule is COc1ccc(CN2Cn3ncnc3-c3c2sc2c3CCN(Cc3ccccn3)C2)cc1. The van der Waals surface area contributed by atoms with E-state index in [-0.39, 0.29) is 0 Å². The van der Waals surface area contributed by atoms with Gasteiger partial charge in [0, 0.05) is 37.3 Å². The molecule has 0 saturated carbocycles. The number of hydrogen-bond donors (Lipinski definition) is 0. The summed E-state index contributed by atoms with van der Waals surface area (Å²) in [6.07, 6.45) is 4.58. The van der Waals surface area contributed by atoms with Crippen LogP contribution in [0.15, 0.2) is 55.0 Å². The van der Waals surface area contributed by atoms with Crippen LogP contribution >= 0.6 is 11.3 Å². The molecule has 162 valence electrons. The molecule has 0 fully saturated rings. The molecule has 0 spiro atoms. The van der Waals surface area contributed by atoms with Gasteiger partial charge in [-0.1, -0.05) is 18.2 Å². The molecule has 32 heavy (non-hydrogen) atoms. The first-order valence-corrected chi connectivity index (χ1v) is 11.6. The summed E-state index contributed by atoms with van der Waals surface area (Å²) in [7, 11) is 1.70. The van der Waals surface area contributed by atoms with Gasteiger partial charge in [0.15, 0.2) is 5.82 Å². The molecule has 7 nitrogen and oxygen atoms in total. The first kappa shape index (κ1) is 19.5. The number of ether oxygens (including phenoxy) is 1. The average molecular weight is 445 g/mol. The molecule has 0 aliphatic carbocycles. The predicted octanol–water partition coefficient (Wildman–Crippen LogP) is 3.95. The minimum Gasteiger partial charge on any atom is -0.497 e. The first-order chi connectivity index (χ1) is 15.8. The topological polar surface area (TPSA) is 59.3 Å². The van der Waals surface area contributed by atoms with Gasteiger partial charge in [-0.2, -0.15) is 5.10 Å². The van der Waals surface area contributed by atoms with Gasteiger partial charge in [0.05, 0.1) is 18.4 Å². The molecule has 2 aliphatic rings. The Kier molecular flexibility index (Phi) is 4.88. The van der Waals surface area contributed by atoms with E-state index in [0.717, 1.165) is 49.9 Å². The fraction of sp³-hybridized carbons (Fsp3) is 0.292. The summed E-state index contributed by atoms with van der Waals surface area (Å²) in [4.78, 5) is 15.5. The standard InChI is InChI=1S/C24H24N6OS/c1-31-19-7-5-17(6-8-19)12-29-16-30-23(26-15-27-30)22-20-9-11-28(14-21(20)32-24(22)29)13-18-4-2-3-10-25-18/h2-8,10,15H,9,11-14,16H2,1H3. The van der Waals surface area contributed by atoms with Crippen molar-refractivity contribution < 1.29 is 4.74 Å². The van der Waals surface area contributed by atoms with Crippen LogP contribution in [0.3, 0.4) is 0 Å². The number of aromatic nitrogens is 4. The lowest BCUT2D eigenvalue weighted by Crippen LogP contribution is -2.31. The normalized spacial score (nSPS) is 15.2. The Labute approximate surface area is 190 Å². The third-order valence-corrected chi connectivity index (χ3v) is 7.47. The molecular formula is C24H24N6OS.